The number of nitrogens with zero attached hydrogens (tertiary/aromatic N) is 3. The molecule has 2 aromatic rings. The van der Waals surface area contributed by atoms with Crippen LogP contribution in [0.2, 0.25) is 0 Å². The van der Waals surface area contributed by atoms with Gasteiger partial charge in [-0.3, -0.25) is 4.40 Å². The lowest BCUT2D eigenvalue weighted by atomic mass is 10.3. The molecule has 0 aliphatic rings. The van der Waals surface area contributed by atoms with Crippen molar-refractivity contribution in [2.45, 2.75) is 0 Å². The first kappa shape index (κ1) is 9.45. The number of carbonyl (C=O) groups excluding carboxylic acids is 1. The van der Waals surface area contributed by atoms with Crippen LogP contribution in [0.5, 0.6) is 6.01 Å². The minimum absolute atomic E-state index is 0.329. The van der Waals surface area contributed by atoms with Crippen LogP contribution in [-0.2, 0) is 4.74 Å². The lowest BCUT2D eigenvalue weighted by Crippen LogP contribution is -2.03. The Hall–Kier alpha value is -2.11. The summed E-state index contributed by atoms with van der Waals surface area (Å²) in [6, 6.07) is 3.62. The maximum absolute atomic E-state index is 11.3. The van der Waals surface area contributed by atoms with Crippen LogP contribution in [0.3, 0.4) is 0 Å². The molecule has 6 heteroatoms. The summed E-state index contributed by atoms with van der Waals surface area (Å²) in [7, 11) is 2.82. The fourth-order valence-corrected chi connectivity index (χ4v) is 1.25. The van der Waals surface area contributed by atoms with Crippen LogP contribution < -0.4 is 4.74 Å². The summed E-state index contributed by atoms with van der Waals surface area (Å²) < 4.78 is 11.2. The van der Waals surface area contributed by atoms with Gasteiger partial charge in [0.15, 0.2) is 5.65 Å². The molecule has 6 nitrogen and oxygen atoms in total. The first-order chi connectivity index (χ1) is 7.26. The molecule has 0 unspecified atom stereocenters. The highest BCUT2D eigenvalue weighted by Crippen LogP contribution is 2.12. The largest absolute Gasteiger partial charge is 0.467 e. The molecule has 0 atom stereocenters. The molecule has 0 saturated heterocycles. The van der Waals surface area contributed by atoms with Gasteiger partial charge in [0.25, 0.3) is 0 Å². The third kappa shape index (κ3) is 1.50. The molecular weight excluding hydrogens is 198 g/mol. The topological polar surface area (TPSA) is 65.7 Å². The van der Waals surface area contributed by atoms with Crippen LogP contribution in [0.1, 0.15) is 10.4 Å². The first-order valence-electron chi connectivity index (χ1n) is 4.23. The first-order valence-corrected chi connectivity index (χ1v) is 4.23. The highest BCUT2D eigenvalue weighted by Gasteiger charge is 2.10. The standard InChI is InChI=1S/C9H9N3O3/c1-14-8(13)6-3-4-7-10-11-9(15-2)12(7)5-6/h3-5H,1-2H3. The van der Waals surface area contributed by atoms with Crippen molar-refractivity contribution in [3.63, 3.8) is 0 Å². The van der Waals surface area contributed by atoms with Crippen LogP contribution in [0, 0.1) is 0 Å². The normalized spacial score (nSPS) is 10.3. The van der Waals surface area contributed by atoms with E-state index in [1.165, 1.54) is 14.2 Å². The number of aromatic nitrogens is 3. The molecule has 0 saturated carbocycles. The summed E-state index contributed by atoms with van der Waals surface area (Å²) in [5, 5.41) is 7.63. The van der Waals surface area contributed by atoms with E-state index in [4.69, 9.17) is 4.74 Å². The smallest absolute Gasteiger partial charge is 0.339 e. The minimum atomic E-state index is -0.410. The van der Waals surface area contributed by atoms with Crippen LogP contribution in [0.4, 0.5) is 0 Å². The summed E-state index contributed by atoms with van der Waals surface area (Å²) in [6.07, 6.45) is 1.57. The Morgan fingerprint density at radius 1 is 1.33 bits per heavy atom. The molecule has 0 bridgehead atoms. The monoisotopic (exact) mass is 207 g/mol. The van der Waals surface area contributed by atoms with Crippen LogP contribution in [0.25, 0.3) is 5.65 Å². The Morgan fingerprint density at radius 2 is 2.13 bits per heavy atom. The Kier molecular flexibility index (Phi) is 2.24. The number of pyridine rings is 1. The number of fused-ring (bicyclic) bond motifs is 1. The molecule has 0 radical (unpaired) electrons. The Morgan fingerprint density at radius 3 is 2.80 bits per heavy atom. The quantitative estimate of drug-likeness (QED) is 0.672. The summed E-state index contributed by atoms with van der Waals surface area (Å²) in [6.45, 7) is 0. The Balaban J connectivity index is 2.57. The average Bonchev–Trinajstić information content (AvgIpc) is 2.69. The van der Waals surface area contributed by atoms with Gasteiger partial charge in [0.2, 0.25) is 0 Å². The second-order valence-corrected chi connectivity index (χ2v) is 2.82. The Bertz CT molecular complexity index is 506. The summed E-state index contributed by atoms with van der Waals surface area (Å²) in [4.78, 5) is 11.3. The van der Waals surface area contributed by atoms with E-state index in [0.29, 0.717) is 17.2 Å². The lowest BCUT2D eigenvalue weighted by molar-refractivity contribution is 0.0600. The second-order valence-electron chi connectivity index (χ2n) is 2.82. The van der Waals surface area contributed by atoms with Gasteiger partial charge in [0, 0.05) is 6.20 Å². The predicted molar refractivity (Wildman–Crippen MR) is 50.9 cm³/mol. The molecule has 0 N–H and O–H groups in total. The SMILES string of the molecule is COC(=O)c1ccc2nnc(OC)n2c1. The maximum Gasteiger partial charge on any atom is 0.339 e. The Labute approximate surface area is 85.4 Å². The number of rotatable bonds is 2. The number of hydrogen-bond donors (Lipinski definition) is 0. The minimum Gasteiger partial charge on any atom is -0.467 e. The van der Waals surface area contributed by atoms with E-state index < -0.39 is 5.97 Å². The third-order valence-electron chi connectivity index (χ3n) is 1.97. The molecule has 2 heterocycles. The van der Waals surface area contributed by atoms with Gasteiger partial charge in [-0.05, 0) is 12.1 Å². The maximum atomic E-state index is 11.3. The molecule has 0 aromatic carbocycles. The van der Waals surface area contributed by atoms with Crippen molar-refractivity contribution >= 4 is 11.6 Å². The third-order valence-corrected chi connectivity index (χ3v) is 1.97. The highest BCUT2D eigenvalue weighted by atomic mass is 16.5. The van der Waals surface area contributed by atoms with Gasteiger partial charge >= 0.3 is 12.0 Å². The lowest BCUT2D eigenvalue weighted by Gasteiger charge is -2.00. The molecule has 2 rings (SSSR count). The molecule has 0 aliphatic heterocycles. The van der Waals surface area contributed by atoms with E-state index in [-0.39, 0.29) is 0 Å². The summed E-state index contributed by atoms with van der Waals surface area (Å²) in [5.74, 6) is -0.410. The molecular formula is C9H9N3O3. The van der Waals surface area contributed by atoms with E-state index in [0.717, 1.165) is 0 Å². The van der Waals surface area contributed by atoms with Gasteiger partial charge in [-0.15, -0.1) is 5.10 Å². The van der Waals surface area contributed by atoms with E-state index in [2.05, 4.69) is 14.9 Å². The van der Waals surface area contributed by atoms with E-state index in [1.54, 1.807) is 22.7 Å². The van der Waals surface area contributed by atoms with E-state index >= 15 is 0 Å². The molecule has 15 heavy (non-hydrogen) atoms. The molecule has 0 aliphatic carbocycles. The molecule has 0 amide bonds. The number of methoxy groups -OCH3 is 2. The second kappa shape index (κ2) is 3.56. The van der Waals surface area contributed by atoms with E-state index in [9.17, 15) is 4.79 Å². The van der Waals surface area contributed by atoms with Gasteiger partial charge in [-0.2, -0.15) is 0 Å². The molecule has 0 spiro atoms. The number of ether oxygens (including phenoxy) is 2. The van der Waals surface area contributed by atoms with Gasteiger partial charge < -0.3 is 9.47 Å². The predicted octanol–water partition coefficient (Wildman–Crippen LogP) is 0.524. The molecule has 78 valence electrons. The van der Waals surface area contributed by atoms with Gasteiger partial charge in [0.1, 0.15) is 0 Å². The number of hydrogen-bond acceptors (Lipinski definition) is 5. The zero-order valence-electron chi connectivity index (χ0n) is 8.30. The number of carbonyl (C=O) groups is 1. The van der Waals surface area contributed by atoms with E-state index in [1.807, 2.05) is 0 Å². The molecule has 2 aromatic heterocycles. The number of esters is 1. The van der Waals surface area contributed by atoms with Crippen molar-refractivity contribution in [1.29, 1.82) is 0 Å². The summed E-state index contributed by atoms with van der Waals surface area (Å²) in [5.41, 5.74) is 1.03. The van der Waals surface area contributed by atoms with Gasteiger partial charge in [0.05, 0.1) is 19.8 Å². The van der Waals surface area contributed by atoms with Crippen molar-refractivity contribution in [3.05, 3.63) is 23.9 Å². The fourth-order valence-electron chi connectivity index (χ4n) is 1.25. The molecule has 0 fully saturated rings. The fraction of sp³-hybridized carbons (Fsp3) is 0.222. The van der Waals surface area contributed by atoms with Crippen molar-refractivity contribution < 1.29 is 14.3 Å². The zero-order chi connectivity index (χ0) is 10.8. The van der Waals surface area contributed by atoms with Gasteiger partial charge in [-0.25, -0.2) is 4.79 Å². The van der Waals surface area contributed by atoms with Crippen molar-refractivity contribution in [1.82, 2.24) is 14.6 Å². The summed E-state index contributed by atoms with van der Waals surface area (Å²) >= 11 is 0. The van der Waals surface area contributed by atoms with Crippen LogP contribution >= 0.6 is 0 Å². The van der Waals surface area contributed by atoms with Crippen LogP contribution in [-0.4, -0.2) is 34.8 Å². The average molecular weight is 207 g/mol. The van der Waals surface area contributed by atoms with Crippen LogP contribution in [0.15, 0.2) is 18.3 Å². The van der Waals surface area contributed by atoms with Crippen molar-refractivity contribution in [2.75, 3.05) is 14.2 Å². The van der Waals surface area contributed by atoms with Crippen molar-refractivity contribution in [2.24, 2.45) is 0 Å². The zero-order valence-corrected chi connectivity index (χ0v) is 8.30. The van der Waals surface area contributed by atoms with Gasteiger partial charge in [-0.1, -0.05) is 5.10 Å². The highest BCUT2D eigenvalue weighted by molar-refractivity contribution is 5.89. The van der Waals surface area contributed by atoms with Crippen molar-refractivity contribution in [3.8, 4) is 6.01 Å².